The smallest absolute Gasteiger partial charge is 0.279 e. The van der Waals surface area contributed by atoms with E-state index in [1.165, 1.54) is 14.1 Å². The van der Waals surface area contributed by atoms with Gasteiger partial charge in [-0.2, -0.15) is 17.4 Å². The summed E-state index contributed by atoms with van der Waals surface area (Å²) < 4.78 is 27.5. The van der Waals surface area contributed by atoms with Gasteiger partial charge in [0, 0.05) is 38.8 Å². The molecule has 0 unspecified atom stereocenters. The average Bonchev–Trinajstić information content (AvgIpc) is 2.47. The first-order chi connectivity index (χ1) is 9.90. The van der Waals surface area contributed by atoms with Crippen LogP contribution in [0.15, 0.2) is 30.3 Å². The van der Waals surface area contributed by atoms with E-state index in [-0.39, 0.29) is 11.9 Å². The average molecular weight is 311 g/mol. The van der Waals surface area contributed by atoms with Crippen LogP contribution in [0, 0.1) is 0 Å². The highest BCUT2D eigenvalue weighted by atomic mass is 32.2. The van der Waals surface area contributed by atoms with Gasteiger partial charge in [0.2, 0.25) is 0 Å². The first-order valence-corrected chi connectivity index (χ1v) is 8.38. The summed E-state index contributed by atoms with van der Waals surface area (Å²) in [7, 11) is -0.498. The van der Waals surface area contributed by atoms with E-state index in [0.29, 0.717) is 18.7 Å². The molecule has 0 bridgehead atoms. The van der Waals surface area contributed by atoms with Crippen LogP contribution in [-0.4, -0.2) is 56.8 Å². The van der Waals surface area contributed by atoms with E-state index in [0.717, 1.165) is 17.1 Å². The largest absolute Gasteiger partial charge is 0.337 e. The van der Waals surface area contributed by atoms with Crippen molar-refractivity contribution in [1.82, 2.24) is 13.9 Å². The molecule has 0 saturated carbocycles. The van der Waals surface area contributed by atoms with Gasteiger partial charge in [-0.05, 0) is 25.0 Å². The lowest BCUT2D eigenvalue weighted by molar-refractivity contribution is 0.0702. The Morgan fingerprint density at radius 1 is 1.29 bits per heavy atom. The Kier molecular flexibility index (Phi) is 4.97. The van der Waals surface area contributed by atoms with Gasteiger partial charge in [0.25, 0.3) is 16.1 Å². The Balaban J connectivity index is 2.03. The second-order valence-corrected chi connectivity index (χ2v) is 7.28. The zero-order valence-electron chi connectivity index (χ0n) is 12.3. The Morgan fingerprint density at radius 3 is 2.57 bits per heavy atom. The molecule has 1 aliphatic heterocycles. The summed E-state index contributed by atoms with van der Waals surface area (Å²) in [5.74, 6) is -0.0515. The number of carbonyl (C=O) groups is 1. The van der Waals surface area contributed by atoms with Crippen molar-refractivity contribution in [1.29, 1.82) is 0 Å². The summed E-state index contributed by atoms with van der Waals surface area (Å²) in [6.45, 7) is 1.06. The molecule has 0 spiro atoms. The van der Waals surface area contributed by atoms with Crippen molar-refractivity contribution in [2.45, 2.75) is 18.9 Å². The van der Waals surface area contributed by atoms with Gasteiger partial charge in [0.1, 0.15) is 0 Å². The van der Waals surface area contributed by atoms with E-state index in [9.17, 15) is 13.2 Å². The Labute approximate surface area is 125 Å². The van der Waals surface area contributed by atoms with Crippen LogP contribution < -0.4 is 4.72 Å². The number of piperidine rings is 1. The molecule has 1 saturated heterocycles. The molecular weight excluding hydrogens is 290 g/mol. The lowest BCUT2D eigenvalue weighted by Gasteiger charge is -2.33. The van der Waals surface area contributed by atoms with Crippen molar-refractivity contribution >= 4 is 16.1 Å². The molecule has 0 aliphatic carbocycles. The highest BCUT2D eigenvalue weighted by Gasteiger charge is 2.27. The molecule has 1 aliphatic rings. The molecule has 1 amide bonds. The molecule has 0 radical (unpaired) electrons. The van der Waals surface area contributed by atoms with Gasteiger partial charge >= 0.3 is 0 Å². The predicted octanol–water partition coefficient (Wildman–Crippen LogP) is 0.687. The van der Waals surface area contributed by atoms with Crippen molar-refractivity contribution in [3.8, 4) is 0 Å². The van der Waals surface area contributed by atoms with Gasteiger partial charge in [-0.25, -0.2) is 0 Å². The minimum Gasteiger partial charge on any atom is -0.337 e. The lowest BCUT2D eigenvalue weighted by Crippen LogP contribution is -2.51. The fourth-order valence-corrected chi connectivity index (χ4v) is 3.16. The van der Waals surface area contributed by atoms with E-state index in [1.54, 1.807) is 17.0 Å². The second kappa shape index (κ2) is 6.55. The molecule has 6 nitrogen and oxygen atoms in total. The van der Waals surface area contributed by atoms with Gasteiger partial charge in [-0.3, -0.25) is 4.79 Å². The second-order valence-electron chi connectivity index (χ2n) is 5.36. The van der Waals surface area contributed by atoms with E-state index < -0.39 is 10.2 Å². The van der Waals surface area contributed by atoms with Crippen molar-refractivity contribution in [3.05, 3.63) is 35.9 Å². The standard InChI is InChI=1S/C14H21N3O3S/c1-16(2)21(19,20)15-13-9-6-10-17(11-13)14(18)12-7-4-3-5-8-12/h3-5,7-8,13,15H,6,9-11H2,1-2H3/t13-/m0/s1. The molecule has 116 valence electrons. The number of hydrogen-bond acceptors (Lipinski definition) is 3. The van der Waals surface area contributed by atoms with E-state index >= 15 is 0 Å². The Morgan fingerprint density at radius 2 is 1.95 bits per heavy atom. The minimum atomic E-state index is -3.47. The van der Waals surface area contributed by atoms with Crippen LogP contribution in [0.5, 0.6) is 0 Å². The third-order valence-corrected chi connectivity index (χ3v) is 5.12. The number of hydrogen-bond donors (Lipinski definition) is 1. The quantitative estimate of drug-likeness (QED) is 0.889. The molecule has 1 fully saturated rings. The number of likely N-dealkylation sites (tertiary alicyclic amines) is 1. The fraction of sp³-hybridized carbons (Fsp3) is 0.500. The van der Waals surface area contributed by atoms with Gasteiger partial charge in [-0.15, -0.1) is 0 Å². The number of rotatable bonds is 4. The highest BCUT2D eigenvalue weighted by molar-refractivity contribution is 7.87. The zero-order chi connectivity index (χ0) is 15.5. The summed E-state index contributed by atoms with van der Waals surface area (Å²) in [4.78, 5) is 14.1. The summed E-state index contributed by atoms with van der Waals surface area (Å²) in [5.41, 5.74) is 0.633. The van der Waals surface area contributed by atoms with Crippen LogP contribution in [0.25, 0.3) is 0 Å². The molecular formula is C14H21N3O3S. The van der Waals surface area contributed by atoms with Crippen LogP contribution in [0.4, 0.5) is 0 Å². The number of benzene rings is 1. The molecule has 7 heteroatoms. The fourth-order valence-electron chi connectivity index (χ4n) is 2.34. The molecule has 2 rings (SSSR count). The summed E-state index contributed by atoms with van der Waals surface area (Å²) in [6, 6.07) is 8.82. The van der Waals surface area contributed by atoms with Gasteiger partial charge in [0.15, 0.2) is 0 Å². The van der Waals surface area contributed by atoms with Crippen molar-refractivity contribution in [2.24, 2.45) is 0 Å². The normalized spacial score (nSPS) is 19.8. The molecule has 1 heterocycles. The number of carbonyl (C=O) groups excluding carboxylic acids is 1. The molecule has 21 heavy (non-hydrogen) atoms. The number of nitrogens with zero attached hydrogens (tertiary/aromatic N) is 2. The maximum atomic E-state index is 12.4. The van der Waals surface area contributed by atoms with Crippen molar-refractivity contribution in [3.63, 3.8) is 0 Å². The van der Waals surface area contributed by atoms with E-state index in [2.05, 4.69) is 4.72 Å². The number of nitrogens with one attached hydrogen (secondary N) is 1. The highest BCUT2D eigenvalue weighted by Crippen LogP contribution is 2.14. The molecule has 1 aromatic rings. The summed E-state index contributed by atoms with van der Waals surface area (Å²) in [6.07, 6.45) is 1.53. The van der Waals surface area contributed by atoms with Crippen LogP contribution in [0.3, 0.4) is 0 Å². The lowest BCUT2D eigenvalue weighted by atomic mass is 10.1. The summed E-state index contributed by atoms with van der Waals surface area (Å²) >= 11 is 0. The monoisotopic (exact) mass is 311 g/mol. The molecule has 1 aromatic carbocycles. The van der Waals surface area contributed by atoms with Crippen molar-refractivity contribution < 1.29 is 13.2 Å². The van der Waals surface area contributed by atoms with Crippen LogP contribution in [-0.2, 0) is 10.2 Å². The topological polar surface area (TPSA) is 69.7 Å². The maximum Gasteiger partial charge on any atom is 0.279 e. The third-order valence-electron chi connectivity index (χ3n) is 3.53. The van der Waals surface area contributed by atoms with E-state index in [1.807, 2.05) is 18.2 Å². The van der Waals surface area contributed by atoms with Crippen LogP contribution in [0.1, 0.15) is 23.2 Å². The molecule has 1 atom stereocenters. The van der Waals surface area contributed by atoms with Gasteiger partial charge in [0.05, 0.1) is 0 Å². The van der Waals surface area contributed by atoms with Gasteiger partial charge < -0.3 is 4.90 Å². The first-order valence-electron chi connectivity index (χ1n) is 6.94. The third kappa shape index (κ3) is 4.03. The molecule has 1 N–H and O–H groups in total. The van der Waals surface area contributed by atoms with Gasteiger partial charge in [-0.1, -0.05) is 18.2 Å². The molecule has 0 aromatic heterocycles. The minimum absolute atomic E-state index is 0.0515. The SMILES string of the molecule is CN(C)S(=O)(=O)N[C@H]1CCCN(C(=O)c2ccccc2)C1. The summed E-state index contributed by atoms with van der Waals surface area (Å²) in [5, 5.41) is 0. The van der Waals surface area contributed by atoms with Crippen LogP contribution in [0.2, 0.25) is 0 Å². The zero-order valence-corrected chi connectivity index (χ0v) is 13.1. The Bertz CT molecular complexity index is 587. The maximum absolute atomic E-state index is 12.4. The van der Waals surface area contributed by atoms with Crippen LogP contribution >= 0.6 is 0 Å². The Hall–Kier alpha value is -1.44. The van der Waals surface area contributed by atoms with Crippen molar-refractivity contribution in [2.75, 3.05) is 27.2 Å². The first kappa shape index (κ1) is 15.9. The number of amides is 1. The van der Waals surface area contributed by atoms with E-state index in [4.69, 9.17) is 0 Å². The predicted molar refractivity (Wildman–Crippen MR) is 81.1 cm³/mol.